The molecule has 0 aromatic carbocycles. The number of esters is 1. The third-order valence-electron chi connectivity index (χ3n) is 2.43. The lowest BCUT2D eigenvalue weighted by Gasteiger charge is -2.01. The van der Waals surface area contributed by atoms with Crippen LogP contribution in [0.15, 0.2) is 35.2 Å². The fourth-order valence-corrected chi connectivity index (χ4v) is 1.52. The Morgan fingerprint density at radius 1 is 1.42 bits per heavy atom. The van der Waals surface area contributed by atoms with Gasteiger partial charge in [-0.2, -0.15) is 4.98 Å². The Balaban J connectivity index is 1.82. The number of hydrogen-bond acceptors (Lipinski definition) is 6. The highest BCUT2D eigenvalue weighted by atomic mass is 16.5. The summed E-state index contributed by atoms with van der Waals surface area (Å²) < 4.78 is 9.95. The van der Waals surface area contributed by atoms with Gasteiger partial charge in [-0.05, 0) is 31.0 Å². The Kier molecular flexibility index (Phi) is 4.49. The summed E-state index contributed by atoms with van der Waals surface area (Å²) in [4.78, 5) is 19.3. The van der Waals surface area contributed by atoms with Crippen LogP contribution in [0.1, 0.15) is 23.0 Å². The number of aromatic nitrogens is 2. The van der Waals surface area contributed by atoms with Crippen molar-refractivity contribution < 1.29 is 13.9 Å². The lowest BCUT2D eigenvalue weighted by Crippen LogP contribution is -2.07. The summed E-state index contributed by atoms with van der Waals surface area (Å²) in [6.07, 6.45) is 5.60. The van der Waals surface area contributed by atoms with Crippen LogP contribution in [-0.2, 0) is 11.2 Å². The number of nitrogens with zero attached hydrogens (tertiary/aromatic N) is 2. The second kappa shape index (κ2) is 6.53. The molecule has 0 saturated heterocycles. The smallest absolute Gasteiger partial charge is 0.360 e. The fourth-order valence-electron chi connectivity index (χ4n) is 1.52. The van der Waals surface area contributed by atoms with E-state index >= 15 is 0 Å². The topological polar surface area (TPSA) is 77.2 Å². The summed E-state index contributed by atoms with van der Waals surface area (Å²) >= 11 is 0. The molecule has 0 bridgehead atoms. The Hall–Kier alpha value is -2.37. The minimum atomic E-state index is -0.478. The zero-order valence-electron chi connectivity index (χ0n) is 10.6. The summed E-state index contributed by atoms with van der Waals surface area (Å²) in [6, 6.07) is 4.21. The zero-order valence-corrected chi connectivity index (χ0v) is 10.6. The number of carbonyl (C=O) groups is 1. The number of ether oxygens (including phenoxy) is 1. The van der Waals surface area contributed by atoms with Gasteiger partial charge in [-0.25, -0.2) is 4.79 Å². The monoisotopic (exact) mass is 261 g/mol. The molecule has 2 rings (SSSR count). The van der Waals surface area contributed by atoms with Crippen LogP contribution in [0, 0.1) is 0 Å². The first kappa shape index (κ1) is 13.1. The van der Waals surface area contributed by atoms with E-state index in [4.69, 9.17) is 9.15 Å². The number of pyridine rings is 1. The minimum Gasteiger partial charge on any atom is -0.461 e. The number of anilines is 1. The van der Waals surface area contributed by atoms with Gasteiger partial charge in [0.2, 0.25) is 0 Å². The number of oxazole rings is 1. The Morgan fingerprint density at radius 2 is 2.21 bits per heavy atom. The maximum absolute atomic E-state index is 11.4. The van der Waals surface area contributed by atoms with Gasteiger partial charge in [0, 0.05) is 18.9 Å². The van der Waals surface area contributed by atoms with Crippen molar-refractivity contribution in [2.45, 2.75) is 13.3 Å². The molecule has 6 nitrogen and oxygen atoms in total. The molecule has 100 valence electrons. The Bertz CT molecular complexity index is 525. The molecular weight excluding hydrogens is 246 g/mol. The summed E-state index contributed by atoms with van der Waals surface area (Å²) in [6.45, 7) is 2.72. The summed E-state index contributed by atoms with van der Waals surface area (Å²) in [5, 5.41) is 3.00. The van der Waals surface area contributed by atoms with Crippen LogP contribution in [-0.4, -0.2) is 29.1 Å². The first-order valence-corrected chi connectivity index (χ1v) is 6.05. The van der Waals surface area contributed by atoms with Crippen LogP contribution in [0.3, 0.4) is 0 Å². The van der Waals surface area contributed by atoms with E-state index in [0.717, 1.165) is 6.42 Å². The predicted molar refractivity (Wildman–Crippen MR) is 68.9 cm³/mol. The van der Waals surface area contributed by atoms with E-state index in [2.05, 4.69) is 15.3 Å². The molecular formula is C13H15N3O3. The Labute approximate surface area is 110 Å². The SMILES string of the molecule is CCOC(=O)c1coc(NCCc2ccncc2)n1. The third-order valence-corrected chi connectivity index (χ3v) is 2.43. The molecule has 0 unspecified atom stereocenters. The van der Waals surface area contributed by atoms with Gasteiger partial charge in [0.15, 0.2) is 5.69 Å². The first-order valence-electron chi connectivity index (χ1n) is 6.05. The van der Waals surface area contributed by atoms with Gasteiger partial charge >= 0.3 is 5.97 Å². The van der Waals surface area contributed by atoms with E-state index in [1.807, 2.05) is 12.1 Å². The van der Waals surface area contributed by atoms with Crippen LogP contribution in [0.25, 0.3) is 0 Å². The number of hydrogen-bond donors (Lipinski definition) is 1. The standard InChI is InChI=1S/C13H15N3O3/c1-2-18-12(17)11-9-19-13(16-11)15-8-5-10-3-6-14-7-4-10/h3-4,6-7,9H,2,5,8H2,1H3,(H,15,16). The average Bonchev–Trinajstić information content (AvgIpc) is 2.89. The lowest BCUT2D eigenvalue weighted by molar-refractivity contribution is 0.0519. The van der Waals surface area contributed by atoms with Crippen LogP contribution in [0.2, 0.25) is 0 Å². The minimum absolute atomic E-state index is 0.174. The lowest BCUT2D eigenvalue weighted by atomic mass is 10.2. The molecule has 2 aromatic rings. The number of carbonyl (C=O) groups excluding carboxylic acids is 1. The molecule has 0 fully saturated rings. The van der Waals surface area contributed by atoms with Crippen molar-refractivity contribution in [3.05, 3.63) is 42.0 Å². The van der Waals surface area contributed by atoms with Crippen molar-refractivity contribution in [3.63, 3.8) is 0 Å². The summed E-state index contributed by atoms with van der Waals surface area (Å²) in [7, 11) is 0. The highest BCUT2D eigenvalue weighted by Crippen LogP contribution is 2.09. The summed E-state index contributed by atoms with van der Waals surface area (Å²) in [5.41, 5.74) is 1.34. The van der Waals surface area contributed by atoms with Gasteiger partial charge in [-0.15, -0.1) is 0 Å². The molecule has 19 heavy (non-hydrogen) atoms. The van der Waals surface area contributed by atoms with Gasteiger partial charge in [0.1, 0.15) is 6.26 Å². The van der Waals surface area contributed by atoms with Gasteiger partial charge in [0.25, 0.3) is 6.01 Å². The molecule has 0 amide bonds. The molecule has 6 heteroatoms. The molecule has 1 N–H and O–H groups in total. The van der Waals surface area contributed by atoms with E-state index in [-0.39, 0.29) is 5.69 Å². The molecule has 0 spiro atoms. The van der Waals surface area contributed by atoms with Crippen LogP contribution < -0.4 is 5.32 Å². The van der Waals surface area contributed by atoms with Gasteiger partial charge in [-0.3, -0.25) is 4.98 Å². The van der Waals surface area contributed by atoms with Crippen molar-refractivity contribution in [2.75, 3.05) is 18.5 Å². The molecule has 0 aliphatic rings. The molecule has 0 atom stereocenters. The van der Waals surface area contributed by atoms with E-state index in [0.29, 0.717) is 19.2 Å². The zero-order chi connectivity index (χ0) is 13.5. The molecule has 2 aromatic heterocycles. The molecule has 2 heterocycles. The van der Waals surface area contributed by atoms with Crippen molar-refractivity contribution >= 4 is 12.0 Å². The first-order chi connectivity index (χ1) is 9.29. The second-order valence-electron chi connectivity index (χ2n) is 3.79. The van der Waals surface area contributed by atoms with E-state index in [9.17, 15) is 4.79 Å². The van der Waals surface area contributed by atoms with Crippen LogP contribution in [0.4, 0.5) is 6.01 Å². The van der Waals surface area contributed by atoms with E-state index in [1.54, 1.807) is 19.3 Å². The van der Waals surface area contributed by atoms with Gasteiger partial charge in [0.05, 0.1) is 6.61 Å². The maximum Gasteiger partial charge on any atom is 0.360 e. The van der Waals surface area contributed by atoms with Crippen molar-refractivity contribution in [3.8, 4) is 0 Å². The van der Waals surface area contributed by atoms with Crippen LogP contribution >= 0.6 is 0 Å². The fraction of sp³-hybridized carbons (Fsp3) is 0.308. The van der Waals surface area contributed by atoms with E-state index < -0.39 is 5.97 Å². The third kappa shape index (κ3) is 3.80. The quantitative estimate of drug-likeness (QED) is 0.800. The van der Waals surface area contributed by atoms with Crippen molar-refractivity contribution in [1.29, 1.82) is 0 Å². The molecule has 0 aliphatic heterocycles. The number of nitrogens with one attached hydrogen (secondary N) is 1. The predicted octanol–water partition coefficient (Wildman–Crippen LogP) is 1.90. The molecule has 0 aliphatic carbocycles. The largest absolute Gasteiger partial charge is 0.461 e. The number of rotatable bonds is 6. The average molecular weight is 261 g/mol. The molecule has 0 radical (unpaired) electrons. The van der Waals surface area contributed by atoms with Crippen molar-refractivity contribution in [1.82, 2.24) is 9.97 Å². The van der Waals surface area contributed by atoms with E-state index in [1.165, 1.54) is 11.8 Å². The highest BCUT2D eigenvalue weighted by molar-refractivity contribution is 5.87. The Morgan fingerprint density at radius 3 is 2.95 bits per heavy atom. The molecule has 0 saturated carbocycles. The summed E-state index contributed by atoms with van der Waals surface area (Å²) in [5.74, 6) is -0.478. The van der Waals surface area contributed by atoms with Crippen LogP contribution in [0.5, 0.6) is 0 Å². The van der Waals surface area contributed by atoms with Gasteiger partial charge in [-0.1, -0.05) is 0 Å². The second-order valence-corrected chi connectivity index (χ2v) is 3.79. The van der Waals surface area contributed by atoms with Gasteiger partial charge < -0.3 is 14.5 Å². The maximum atomic E-state index is 11.4. The highest BCUT2D eigenvalue weighted by Gasteiger charge is 2.12. The normalized spacial score (nSPS) is 10.2. The van der Waals surface area contributed by atoms with Crippen molar-refractivity contribution in [2.24, 2.45) is 0 Å².